The molecule has 24 heavy (non-hydrogen) atoms. The Hall–Kier alpha value is -1.74. The fourth-order valence-corrected chi connectivity index (χ4v) is 4.05. The highest BCUT2D eigenvalue weighted by Gasteiger charge is 2.35. The molecule has 0 bridgehead atoms. The highest BCUT2D eigenvalue weighted by atomic mass is 14.4. The molecule has 0 aromatic carbocycles. The summed E-state index contributed by atoms with van der Waals surface area (Å²) in [4.78, 5) is 0. The van der Waals surface area contributed by atoms with Crippen LogP contribution >= 0.6 is 0 Å². The molecule has 0 heteroatoms. The average molecular weight is 321 g/mol. The number of hydrogen-bond donors (Lipinski definition) is 0. The van der Waals surface area contributed by atoms with Crippen LogP contribution in [0.4, 0.5) is 0 Å². The van der Waals surface area contributed by atoms with E-state index in [4.69, 9.17) is 0 Å². The third-order valence-electron chi connectivity index (χ3n) is 7.30. The van der Waals surface area contributed by atoms with Crippen LogP contribution in [0.2, 0.25) is 0 Å². The zero-order valence-electron chi connectivity index (χ0n) is 17.2. The van der Waals surface area contributed by atoms with Crippen molar-refractivity contribution < 1.29 is 0 Å². The molecule has 0 saturated carbocycles. The predicted molar refractivity (Wildman–Crippen MR) is 106 cm³/mol. The monoisotopic (exact) mass is 320 g/mol. The lowest BCUT2D eigenvalue weighted by Crippen LogP contribution is -2.14. The Labute approximate surface area is 148 Å². The van der Waals surface area contributed by atoms with Gasteiger partial charge in [0.2, 0.25) is 0 Å². The van der Waals surface area contributed by atoms with Crippen LogP contribution in [0.15, 0.2) is 68.2 Å². The van der Waals surface area contributed by atoms with Gasteiger partial charge in [0.05, 0.1) is 0 Å². The summed E-state index contributed by atoms with van der Waals surface area (Å²) in [6.07, 6.45) is 4.37. The van der Waals surface area contributed by atoms with Crippen LogP contribution in [0.1, 0.15) is 69.2 Å². The van der Waals surface area contributed by atoms with Gasteiger partial charge >= 0.3 is 0 Å². The van der Waals surface area contributed by atoms with Gasteiger partial charge in [-0.1, -0.05) is 33.8 Å². The molecule has 2 aliphatic carbocycles. The van der Waals surface area contributed by atoms with Gasteiger partial charge in [0, 0.05) is 10.8 Å². The van der Waals surface area contributed by atoms with Crippen molar-refractivity contribution in [1.82, 2.24) is 0 Å². The summed E-state index contributed by atoms with van der Waals surface area (Å²) in [5.41, 5.74) is 18.0. The molecule has 0 aromatic heterocycles. The maximum absolute atomic E-state index is 3.35. The summed E-state index contributed by atoms with van der Waals surface area (Å²) < 4.78 is 0. The molecule has 0 atom stereocenters. The zero-order chi connectivity index (χ0) is 18.4. The Morgan fingerprint density at radius 3 is 0.917 bits per heavy atom. The molecular weight excluding hydrogens is 288 g/mol. The van der Waals surface area contributed by atoms with Crippen LogP contribution in [0.5, 0.6) is 0 Å². The third-order valence-corrected chi connectivity index (χ3v) is 7.30. The van der Waals surface area contributed by atoms with Gasteiger partial charge in [-0.3, -0.25) is 0 Å². The van der Waals surface area contributed by atoms with Gasteiger partial charge in [0.25, 0.3) is 0 Å². The van der Waals surface area contributed by atoms with E-state index in [-0.39, 0.29) is 10.8 Å². The first-order valence-electron chi connectivity index (χ1n) is 8.90. The van der Waals surface area contributed by atoms with Crippen molar-refractivity contribution in [1.29, 1.82) is 0 Å². The number of allylic oxidation sites excluding steroid dienone is 10. The van der Waals surface area contributed by atoms with Gasteiger partial charge < -0.3 is 0 Å². The minimum Gasteiger partial charge on any atom is -0.0737 e. The lowest BCUT2D eigenvalue weighted by atomic mass is 9.79. The van der Waals surface area contributed by atoms with Crippen LogP contribution in [0, 0.1) is 10.8 Å². The normalized spacial score (nSPS) is 22.2. The molecule has 0 unspecified atom stereocenters. The molecule has 0 amide bonds. The first-order valence-corrected chi connectivity index (χ1v) is 8.90. The molecule has 0 spiro atoms. The van der Waals surface area contributed by atoms with Crippen molar-refractivity contribution >= 4 is 0 Å². The average Bonchev–Trinajstić information content (AvgIpc) is 2.80. The van der Waals surface area contributed by atoms with E-state index in [1.54, 1.807) is 0 Å². The van der Waals surface area contributed by atoms with Gasteiger partial charge in [-0.15, -0.1) is 0 Å². The molecule has 2 aliphatic rings. The van der Waals surface area contributed by atoms with Gasteiger partial charge in [-0.2, -0.15) is 0 Å². The highest BCUT2D eigenvalue weighted by molar-refractivity contribution is 5.54. The molecule has 0 nitrogen and oxygen atoms in total. The van der Waals surface area contributed by atoms with Gasteiger partial charge in [0.1, 0.15) is 0 Å². The summed E-state index contributed by atoms with van der Waals surface area (Å²) in [5.74, 6) is 0. The summed E-state index contributed by atoms with van der Waals surface area (Å²) in [6.45, 7) is 22.4. The van der Waals surface area contributed by atoms with E-state index in [0.717, 1.165) is 0 Å². The Morgan fingerprint density at radius 2 is 0.708 bits per heavy atom. The minimum absolute atomic E-state index is 0.0206. The second-order valence-electron chi connectivity index (χ2n) is 7.98. The van der Waals surface area contributed by atoms with Gasteiger partial charge in [0.15, 0.2) is 0 Å². The Kier molecular flexibility index (Phi) is 4.62. The van der Waals surface area contributed by atoms with Crippen molar-refractivity contribution in [3.05, 3.63) is 68.2 Å². The van der Waals surface area contributed by atoms with Crippen molar-refractivity contribution in [3.8, 4) is 0 Å². The van der Waals surface area contributed by atoms with Crippen LogP contribution in [0.25, 0.3) is 0 Å². The highest BCUT2D eigenvalue weighted by Crippen LogP contribution is 2.48. The topological polar surface area (TPSA) is 0 Å². The molecule has 2 rings (SSSR count). The van der Waals surface area contributed by atoms with Crippen molar-refractivity contribution in [2.75, 3.05) is 0 Å². The van der Waals surface area contributed by atoms with Crippen LogP contribution in [-0.2, 0) is 0 Å². The largest absolute Gasteiger partial charge is 0.0737 e. The second-order valence-corrected chi connectivity index (χ2v) is 7.98. The third kappa shape index (κ3) is 2.46. The summed E-state index contributed by atoms with van der Waals surface area (Å²) in [6, 6.07) is 0. The Balaban J connectivity index is 2.46. The summed E-state index contributed by atoms with van der Waals surface area (Å²) in [7, 11) is 0. The van der Waals surface area contributed by atoms with Crippen LogP contribution < -0.4 is 0 Å². The lowest BCUT2D eigenvalue weighted by molar-refractivity contribution is 0.623. The van der Waals surface area contributed by atoms with E-state index >= 15 is 0 Å². The maximum Gasteiger partial charge on any atom is 0.0359 e. The predicted octanol–water partition coefficient (Wildman–Crippen LogP) is 7.24. The molecule has 0 N–H and O–H groups in total. The molecule has 0 radical (unpaired) electrons. The van der Waals surface area contributed by atoms with Crippen LogP contribution in [0.3, 0.4) is 0 Å². The summed E-state index contributed by atoms with van der Waals surface area (Å²) >= 11 is 0. The number of hydrogen-bond acceptors (Lipinski definition) is 0. The van der Waals surface area contributed by atoms with Gasteiger partial charge in [-0.25, -0.2) is 0 Å². The van der Waals surface area contributed by atoms with Crippen molar-refractivity contribution in [2.24, 2.45) is 10.8 Å². The first kappa shape index (κ1) is 18.6. The van der Waals surface area contributed by atoms with Crippen molar-refractivity contribution in [2.45, 2.75) is 69.2 Å². The molecule has 0 aromatic rings. The molecule has 0 heterocycles. The standard InChI is InChI=1S/C24H32/c1-15-16(2)20(6)23(9,19(15)5)13-11-12-14-24(10)21(7)17(3)18(4)22(24)8/h13-14H,1-10H3. The first-order chi connectivity index (χ1) is 11.0. The molecule has 0 aliphatic heterocycles. The molecule has 0 fully saturated rings. The second kappa shape index (κ2) is 5.96. The fourth-order valence-electron chi connectivity index (χ4n) is 4.05. The Bertz CT molecular complexity index is 699. The SMILES string of the molecule is CC1=C(C)C(C)(C=C=C=CC2(C)C(C)=C(C)C(C)=C2C)C(C)=C1C. The minimum atomic E-state index is -0.0206. The fraction of sp³-hybridized carbons (Fsp3) is 0.500. The quantitative estimate of drug-likeness (QED) is 0.470. The smallest absolute Gasteiger partial charge is 0.0359 e. The zero-order valence-corrected chi connectivity index (χ0v) is 17.2. The molecule has 0 saturated heterocycles. The van der Waals surface area contributed by atoms with Gasteiger partial charge in [-0.05, 0) is 104 Å². The van der Waals surface area contributed by atoms with E-state index in [1.807, 2.05) is 0 Å². The number of rotatable bonds is 2. The van der Waals surface area contributed by atoms with Crippen LogP contribution in [-0.4, -0.2) is 0 Å². The Morgan fingerprint density at radius 1 is 0.500 bits per heavy atom. The van der Waals surface area contributed by atoms with E-state index in [0.29, 0.717) is 0 Å². The van der Waals surface area contributed by atoms with E-state index < -0.39 is 0 Å². The van der Waals surface area contributed by atoms with E-state index in [9.17, 15) is 0 Å². The van der Waals surface area contributed by atoms with E-state index in [1.165, 1.54) is 44.6 Å². The summed E-state index contributed by atoms with van der Waals surface area (Å²) in [5, 5.41) is 0. The van der Waals surface area contributed by atoms with E-state index in [2.05, 4.69) is 92.9 Å². The molecular formula is C24H32. The maximum atomic E-state index is 3.35. The van der Waals surface area contributed by atoms with Crippen molar-refractivity contribution in [3.63, 3.8) is 0 Å². The molecule has 128 valence electrons. The lowest BCUT2D eigenvalue weighted by Gasteiger charge is -2.24.